The molecule has 2 N–H and O–H groups in total. The van der Waals surface area contributed by atoms with E-state index in [4.69, 9.17) is 19.3 Å². The van der Waals surface area contributed by atoms with Crippen LogP contribution in [0.1, 0.15) is 12.8 Å². The van der Waals surface area contributed by atoms with Gasteiger partial charge in [-0.3, -0.25) is 10.1 Å². The van der Waals surface area contributed by atoms with Crippen LogP contribution in [-0.2, 0) is 19.0 Å². The van der Waals surface area contributed by atoms with Gasteiger partial charge in [0.15, 0.2) is 0 Å². The summed E-state index contributed by atoms with van der Waals surface area (Å²) in [7, 11) is 1.63. The van der Waals surface area contributed by atoms with E-state index in [1.807, 2.05) is 0 Å². The van der Waals surface area contributed by atoms with Crippen molar-refractivity contribution in [2.75, 3.05) is 46.7 Å². The van der Waals surface area contributed by atoms with Crippen molar-refractivity contribution >= 4 is 5.97 Å². The lowest BCUT2D eigenvalue weighted by atomic mass is 10.3. The summed E-state index contributed by atoms with van der Waals surface area (Å²) in [5.41, 5.74) is -0.668. The molecule has 6 heteroatoms. The highest BCUT2D eigenvalue weighted by Crippen LogP contribution is 2.35. The Bertz CT molecular complexity index is 230. The summed E-state index contributed by atoms with van der Waals surface area (Å²) in [6.45, 7) is 3.27. The monoisotopic (exact) mass is 247 g/mol. The molecule has 1 rings (SSSR count). The summed E-state index contributed by atoms with van der Waals surface area (Å²) in [6, 6.07) is 0. The minimum Gasteiger partial charge on any atom is -0.480 e. The largest absolute Gasteiger partial charge is 0.480 e. The Balaban J connectivity index is 1.83. The van der Waals surface area contributed by atoms with Crippen molar-refractivity contribution in [3.05, 3.63) is 0 Å². The van der Waals surface area contributed by atoms with E-state index >= 15 is 0 Å². The molecular formula is C11H21NO5. The summed E-state index contributed by atoms with van der Waals surface area (Å²) >= 11 is 0. The highest BCUT2D eigenvalue weighted by atomic mass is 16.5. The van der Waals surface area contributed by atoms with Crippen molar-refractivity contribution < 1.29 is 24.1 Å². The maximum Gasteiger partial charge on any atom is 0.323 e. The molecule has 0 atom stereocenters. The number of carboxylic acids is 1. The molecule has 0 radical (unpaired) electrons. The molecule has 0 aromatic carbocycles. The molecule has 1 aliphatic rings. The summed E-state index contributed by atoms with van der Waals surface area (Å²) in [6.07, 6.45) is 1.42. The maximum absolute atomic E-state index is 10.8. The number of rotatable bonds is 11. The van der Waals surface area contributed by atoms with Crippen LogP contribution in [0, 0.1) is 0 Å². The van der Waals surface area contributed by atoms with Gasteiger partial charge in [0.05, 0.1) is 33.0 Å². The van der Waals surface area contributed by atoms with Crippen molar-refractivity contribution in [3.63, 3.8) is 0 Å². The lowest BCUT2D eigenvalue weighted by molar-refractivity contribution is -0.140. The molecule has 0 aromatic rings. The fourth-order valence-electron chi connectivity index (χ4n) is 1.42. The first kappa shape index (κ1) is 14.4. The van der Waals surface area contributed by atoms with Gasteiger partial charge in [0.2, 0.25) is 0 Å². The number of nitrogens with one attached hydrogen (secondary N) is 1. The average molecular weight is 247 g/mol. The molecule has 0 aliphatic heterocycles. The van der Waals surface area contributed by atoms with Crippen LogP contribution in [0.5, 0.6) is 0 Å². The van der Waals surface area contributed by atoms with Crippen LogP contribution in [0.3, 0.4) is 0 Å². The molecule has 0 amide bonds. The van der Waals surface area contributed by atoms with Gasteiger partial charge in [-0.2, -0.15) is 0 Å². The standard InChI is InChI=1S/C11H21NO5/c1-15-6-7-17-9-8-16-5-4-12-11(2-3-11)10(13)14/h12H,2-9H2,1H3,(H,13,14). The van der Waals surface area contributed by atoms with Crippen LogP contribution in [0.15, 0.2) is 0 Å². The van der Waals surface area contributed by atoms with Crippen LogP contribution in [0.2, 0.25) is 0 Å². The average Bonchev–Trinajstić information content (AvgIpc) is 3.08. The van der Waals surface area contributed by atoms with Crippen molar-refractivity contribution in [2.45, 2.75) is 18.4 Å². The lowest BCUT2D eigenvalue weighted by Crippen LogP contribution is -2.40. The second-order valence-corrected chi connectivity index (χ2v) is 4.03. The Morgan fingerprint density at radius 1 is 1.18 bits per heavy atom. The van der Waals surface area contributed by atoms with Gasteiger partial charge >= 0.3 is 5.97 Å². The lowest BCUT2D eigenvalue weighted by Gasteiger charge is -2.12. The Hall–Kier alpha value is -0.690. The number of hydrogen-bond acceptors (Lipinski definition) is 5. The molecular weight excluding hydrogens is 226 g/mol. The van der Waals surface area contributed by atoms with E-state index in [2.05, 4.69) is 5.32 Å². The SMILES string of the molecule is COCCOCCOCCNC1(C(=O)O)CC1. The van der Waals surface area contributed by atoms with Crippen LogP contribution in [-0.4, -0.2) is 63.3 Å². The Morgan fingerprint density at radius 2 is 1.76 bits per heavy atom. The number of methoxy groups -OCH3 is 1. The molecule has 1 aliphatic carbocycles. The maximum atomic E-state index is 10.8. The van der Waals surface area contributed by atoms with Gasteiger partial charge in [0, 0.05) is 13.7 Å². The number of ether oxygens (including phenoxy) is 3. The van der Waals surface area contributed by atoms with Gasteiger partial charge < -0.3 is 19.3 Å². The number of aliphatic carboxylic acids is 1. The predicted octanol–water partition coefficient (Wildman–Crippen LogP) is -0.127. The molecule has 0 aromatic heterocycles. The third-order valence-corrected chi connectivity index (χ3v) is 2.67. The van der Waals surface area contributed by atoms with Gasteiger partial charge in [-0.25, -0.2) is 0 Å². The molecule has 1 fully saturated rings. The zero-order valence-corrected chi connectivity index (χ0v) is 10.2. The zero-order chi connectivity index (χ0) is 12.6. The van der Waals surface area contributed by atoms with Gasteiger partial charge in [0.25, 0.3) is 0 Å². The first-order chi connectivity index (χ1) is 8.21. The molecule has 0 saturated heterocycles. The minimum atomic E-state index is -0.764. The Labute approximate surface area is 101 Å². The van der Waals surface area contributed by atoms with Crippen molar-refractivity contribution in [1.82, 2.24) is 5.32 Å². The molecule has 0 unspecified atom stereocenters. The topological polar surface area (TPSA) is 77.0 Å². The summed E-state index contributed by atoms with van der Waals surface area (Å²) in [5, 5.41) is 11.9. The fourth-order valence-corrected chi connectivity index (χ4v) is 1.42. The smallest absolute Gasteiger partial charge is 0.323 e. The number of carbonyl (C=O) groups is 1. The van der Waals surface area contributed by atoms with Gasteiger partial charge in [0.1, 0.15) is 5.54 Å². The predicted molar refractivity (Wildman–Crippen MR) is 61.1 cm³/mol. The molecule has 1 saturated carbocycles. The molecule has 0 bridgehead atoms. The van der Waals surface area contributed by atoms with E-state index in [-0.39, 0.29) is 0 Å². The van der Waals surface area contributed by atoms with Crippen LogP contribution in [0.25, 0.3) is 0 Å². The fraction of sp³-hybridized carbons (Fsp3) is 0.909. The minimum absolute atomic E-state index is 0.503. The first-order valence-corrected chi connectivity index (χ1v) is 5.84. The summed E-state index contributed by atoms with van der Waals surface area (Å²) in [5.74, 6) is -0.764. The van der Waals surface area contributed by atoms with E-state index in [9.17, 15) is 4.79 Å². The molecule has 0 heterocycles. The second-order valence-electron chi connectivity index (χ2n) is 4.03. The molecule has 6 nitrogen and oxygen atoms in total. The third-order valence-electron chi connectivity index (χ3n) is 2.67. The van der Waals surface area contributed by atoms with Crippen molar-refractivity contribution in [2.24, 2.45) is 0 Å². The van der Waals surface area contributed by atoms with Gasteiger partial charge in [-0.05, 0) is 12.8 Å². The molecule has 100 valence electrons. The quantitative estimate of drug-likeness (QED) is 0.495. The van der Waals surface area contributed by atoms with Gasteiger partial charge in [-0.1, -0.05) is 0 Å². The summed E-state index contributed by atoms with van der Waals surface area (Å²) in [4.78, 5) is 10.8. The normalized spacial score (nSPS) is 17.0. The molecule has 17 heavy (non-hydrogen) atoms. The van der Waals surface area contributed by atoms with E-state index in [0.29, 0.717) is 52.4 Å². The highest BCUT2D eigenvalue weighted by molar-refractivity contribution is 5.82. The van der Waals surface area contributed by atoms with E-state index in [1.54, 1.807) is 7.11 Å². The second kappa shape index (κ2) is 7.60. The number of hydrogen-bond donors (Lipinski definition) is 2. The van der Waals surface area contributed by atoms with E-state index in [1.165, 1.54) is 0 Å². The van der Waals surface area contributed by atoms with Crippen LogP contribution < -0.4 is 5.32 Å². The van der Waals surface area contributed by atoms with Crippen LogP contribution >= 0.6 is 0 Å². The van der Waals surface area contributed by atoms with Crippen LogP contribution in [0.4, 0.5) is 0 Å². The molecule has 0 spiro atoms. The van der Waals surface area contributed by atoms with E-state index < -0.39 is 11.5 Å². The zero-order valence-electron chi connectivity index (χ0n) is 10.2. The Morgan fingerprint density at radius 3 is 2.29 bits per heavy atom. The highest BCUT2D eigenvalue weighted by Gasteiger charge is 2.49. The first-order valence-electron chi connectivity index (χ1n) is 5.84. The summed E-state index contributed by atoms with van der Waals surface area (Å²) < 4.78 is 15.3. The van der Waals surface area contributed by atoms with Crippen molar-refractivity contribution in [1.29, 1.82) is 0 Å². The van der Waals surface area contributed by atoms with E-state index in [0.717, 1.165) is 0 Å². The Kier molecular flexibility index (Phi) is 6.43. The van der Waals surface area contributed by atoms with Gasteiger partial charge in [-0.15, -0.1) is 0 Å². The third kappa shape index (κ3) is 5.45. The van der Waals surface area contributed by atoms with Crippen molar-refractivity contribution in [3.8, 4) is 0 Å². The number of carboxylic acid groups (broad SMARTS) is 1.